The van der Waals surface area contributed by atoms with Crippen LogP contribution in [0.1, 0.15) is 12.6 Å². The van der Waals surface area contributed by atoms with E-state index >= 15 is 0 Å². The van der Waals surface area contributed by atoms with Crippen LogP contribution in [0.25, 0.3) is 5.69 Å². The second-order valence-electron chi connectivity index (χ2n) is 3.51. The van der Waals surface area contributed by atoms with Gasteiger partial charge < -0.3 is 0 Å². The lowest BCUT2D eigenvalue weighted by molar-refractivity contribution is -0.116. The first-order chi connectivity index (χ1) is 7.65. The molecule has 0 spiro atoms. The average Bonchev–Trinajstić information content (AvgIpc) is 2.66. The Bertz CT molecular complexity index is 504. The number of ketones is 1. The molecule has 0 aliphatic carbocycles. The molecule has 0 unspecified atom stereocenters. The van der Waals surface area contributed by atoms with E-state index in [1.807, 2.05) is 0 Å². The topological polar surface area (TPSA) is 47.8 Å². The lowest BCUT2D eigenvalue weighted by Gasteiger charge is -1.98. The van der Waals surface area contributed by atoms with Gasteiger partial charge in [0.1, 0.15) is 11.6 Å². The van der Waals surface area contributed by atoms with Crippen LogP contribution in [-0.2, 0) is 11.2 Å². The number of nitrogens with zero attached hydrogens (tertiary/aromatic N) is 3. The fourth-order valence-corrected chi connectivity index (χ4v) is 1.35. The summed E-state index contributed by atoms with van der Waals surface area (Å²) in [6.07, 6.45) is 1.93. The lowest BCUT2D eigenvalue weighted by Crippen LogP contribution is -1.96. The minimum atomic E-state index is -0.298. The quantitative estimate of drug-likeness (QED) is 0.786. The molecule has 82 valence electrons. The van der Waals surface area contributed by atoms with Gasteiger partial charge in [-0.25, -0.2) is 9.07 Å². The van der Waals surface area contributed by atoms with Gasteiger partial charge in [-0.15, -0.1) is 5.10 Å². The van der Waals surface area contributed by atoms with E-state index in [-0.39, 0.29) is 18.0 Å². The summed E-state index contributed by atoms with van der Waals surface area (Å²) in [4.78, 5) is 10.9. The summed E-state index contributed by atoms with van der Waals surface area (Å²) in [5.41, 5.74) is 1.32. The van der Waals surface area contributed by atoms with Gasteiger partial charge in [0.05, 0.1) is 24.0 Å². The van der Waals surface area contributed by atoms with Crippen LogP contribution in [0.5, 0.6) is 0 Å². The Labute approximate surface area is 91.7 Å². The molecular formula is C11H10FN3O. The SMILES string of the molecule is CC(=O)Cc1cn(-c2ccc(F)cc2)nn1. The maximum absolute atomic E-state index is 12.7. The molecule has 2 aromatic rings. The zero-order valence-electron chi connectivity index (χ0n) is 8.72. The molecule has 0 fully saturated rings. The monoisotopic (exact) mass is 219 g/mol. The Hall–Kier alpha value is -2.04. The number of Topliss-reactive ketones (excluding diaryl/α,β-unsaturated/α-hetero) is 1. The van der Waals surface area contributed by atoms with Gasteiger partial charge in [0.15, 0.2) is 0 Å². The fourth-order valence-electron chi connectivity index (χ4n) is 1.35. The second-order valence-corrected chi connectivity index (χ2v) is 3.51. The molecular weight excluding hydrogens is 209 g/mol. The first kappa shape index (κ1) is 10.5. The van der Waals surface area contributed by atoms with Crippen LogP contribution in [0.4, 0.5) is 4.39 Å². The van der Waals surface area contributed by atoms with Crippen molar-refractivity contribution in [3.8, 4) is 5.69 Å². The molecule has 4 nitrogen and oxygen atoms in total. The summed E-state index contributed by atoms with van der Waals surface area (Å²) in [5, 5.41) is 7.71. The van der Waals surface area contributed by atoms with Crippen molar-refractivity contribution in [1.82, 2.24) is 15.0 Å². The van der Waals surface area contributed by atoms with Crippen LogP contribution in [0, 0.1) is 5.82 Å². The normalized spacial score (nSPS) is 10.4. The van der Waals surface area contributed by atoms with Gasteiger partial charge in [0.2, 0.25) is 0 Å². The van der Waals surface area contributed by atoms with Gasteiger partial charge in [-0.05, 0) is 31.2 Å². The number of benzene rings is 1. The highest BCUT2D eigenvalue weighted by atomic mass is 19.1. The molecule has 16 heavy (non-hydrogen) atoms. The van der Waals surface area contributed by atoms with Gasteiger partial charge in [-0.1, -0.05) is 5.21 Å². The van der Waals surface area contributed by atoms with Crippen LogP contribution < -0.4 is 0 Å². The van der Waals surface area contributed by atoms with Gasteiger partial charge in [-0.3, -0.25) is 4.79 Å². The van der Waals surface area contributed by atoms with Crippen molar-refractivity contribution in [3.05, 3.63) is 42.0 Å². The van der Waals surface area contributed by atoms with E-state index in [1.165, 1.54) is 23.7 Å². The molecule has 0 bridgehead atoms. The van der Waals surface area contributed by atoms with Crippen molar-refractivity contribution in [3.63, 3.8) is 0 Å². The van der Waals surface area contributed by atoms with E-state index in [0.29, 0.717) is 11.4 Å². The third-order valence-electron chi connectivity index (χ3n) is 2.06. The highest BCUT2D eigenvalue weighted by Crippen LogP contribution is 2.08. The molecule has 0 radical (unpaired) electrons. The van der Waals surface area contributed by atoms with Gasteiger partial charge in [0.25, 0.3) is 0 Å². The van der Waals surface area contributed by atoms with E-state index in [0.717, 1.165) is 0 Å². The Morgan fingerprint density at radius 1 is 1.38 bits per heavy atom. The molecule has 1 heterocycles. The highest BCUT2D eigenvalue weighted by Gasteiger charge is 2.04. The van der Waals surface area contributed by atoms with E-state index in [1.54, 1.807) is 18.3 Å². The smallest absolute Gasteiger partial charge is 0.135 e. The summed E-state index contributed by atoms with van der Waals surface area (Å²) in [6.45, 7) is 1.50. The van der Waals surface area contributed by atoms with Crippen LogP contribution >= 0.6 is 0 Å². The lowest BCUT2D eigenvalue weighted by atomic mass is 10.2. The van der Waals surface area contributed by atoms with Crippen LogP contribution in [0.3, 0.4) is 0 Å². The summed E-state index contributed by atoms with van der Waals surface area (Å²) in [5.74, 6) is -0.265. The van der Waals surface area contributed by atoms with Crippen molar-refractivity contribution in [1.29, 1.82) is 0 Å². The van der Waals surface area contributed by atoms with E-state index < -0.39 is 0 Å². The average molecular weight is 219 g/mol. The number of halogens is 1. The van der Waals surface area contributed by atoms with Gasteiger partial charge >= 0.3 is 0 Å². The molecule has 1 aromatic heterocycles. The van der Waals surface area contributed by atoms with Crippen molar-refractivity contribution in [2.75, 3.05) is 0 Å². The van der Waals surface area contributed by atoms with E-state index in [9.17, 15) is 9.18 Å². The molecule has 2 rings (SSSR count). The van der Waals surface area contributed by atoms with E-state index in [4.69, 9.17) is 0 Å². The third-order valence-corrected chi connectivity index (χ3v) is 2.06. The fraction of sp³-hybridized carbons (Fsp3) is 0.182. The summed E-state index contributed by atoms with van der Waals surface area (Å²) in [6, 6.07) is 5.90. The number of rotatable bonds is 3. The molecule has 5 heteroatoms. The largest absolute Gasteiger partial charge is 0.300 e. The van der Waals surface area contributed by atoms with Crippen molar-refractivity contribution in [2.24, 2.45) is 0 Å². The van der Waals surface area contributed by atoms with Crippen LogP contribution in [0.15, 0.2) is 30.5 Å². The zero-order chi connectivity index (χ0) is 11.5. The Kier molecular flexibility index (Phi) is 2.76. The molecule has 0 amide bonds. The number of hydrogen-bond acceptors (Lipinski definition) is 3. The summed E-state index contributed by atoms with van der Waals surface area (Å²) >= 11 is 0. The molecule has 0 atom stereocenters. The van der Waals surface area contributed by atoms with Crippen LogP contribution in [-0.4, -0.2) is 20.8 Å². The second kappa shape index (κ2) is 4.22. The Morgan fingerprint density at radius 3 is 2.69 bits per heavy atom. The third kappa shape index (κ3) is 2.31. The van der Waals surface area contributed by atoms with Crippen molar-refractivity contribution in [2.45, 2.75) is 13.3 Å². The molecule has 0 saturated heterocycles. The molecule has 0 N–H and O–H groups in total. The highest BCUT2D eigenvalue weighted by molar-refractivity contribution is 5.77. The van der Waals surface area contributed by atoms with Crippen molar-refractivity contribution < 1.29 is 9.18 Å². The van der Waals surface area contributed by atoms with Crippen molar-refractivity contribution >= 4 is 5.78 Å². The number of aromatic nitrogens is 3. The predicted octanol–water partition coefficient (Wildman–Crippen LogP) is 1.54. The minimum absolute atomic E-state index is 0.0335. The minimum Gasteiger partial charge on any atom is -0.300 e. The molecule has 0 saturated carbocycles. The number of hydrogen-bond donors (Lipinski definition) is 0. The zero-order valence-corrected chi connectivity index (χ0v) is 8.72. The number of carbonyl (C=O) groups excluding carboxylic acids is 1. The Morgan fingerprint density at radius 2 is 2.06 bits per heavy atom. The maximum atomic E-state index is 12.7. The standard InChI is InChI=1S/C11H10FN3O/c1-8(16)6-10-7-15(14-13-10)11-4-2-9(12)3-5-11/h2-5,7H,6H2,1H3. The first-order valence-corrected chi connectivity index (χ1v) is 4.82. The summed E-state index contributed by atoms with van der Waals surface area (Å²) in [7, 11) is 0. The maximum Gasteiger partial charge on any atom is 0.135 e. The molecule has 0 aliphatic rings. The summed E-state index contributed by atoms with van der Waals surface area (Å²) < 4.78 is 14.2. The van der Waals surface area contributed by atoms with E-state index in [2.05, 4.69) is 10.3 Å². The molecule has 0 aliphatic heterocycles. The number of carbonyl (C=O) groups is 1. The van der Waals surface area contributed by atoms with Crippen LogP contribution in [0.2, 0.25) is 0 Å². The Balaban J connectivity index is 2.24. The molecule has 1 aromatic carbocycles. The van der Waals surface area contributed by atoms with Gasteiger partial charge in [-0.2, -0.15) is 0 Å². The predicted molar refractivity (Wildman–Crippen MR) is 55.7 cm³/mol. The first-order valence-electron chi connectivity index (χ1n) is 4.82. The van der Waals surface area contributed by atoms with Gasteiger partial charge in [0, 0.05) is 0 Å².